The fourth-order valence-corrected chi connectivity index (χ4v) is 2.28. The van der Waals surface area contributed by atoms with Crippen LogP contribution in [0.5, 0.6) is 0 Å². The number of thiazole rings is 1. The number of nitrogens with one attached hydrogen (secondary N) is 2. The molecule has 1 aromatic heterocycles. The van der Waals surface area contributed by atoms with E-state index >= 15 is 0 Å². The molecule has 0 aromatic carbocycles. The summed E-state index contributed by atoms with van der Waals surface area (Å²) in [7, 11) is 0. The van der Waals surface area contributed by atoms with Gasteiger partial charge in [0.2, 0.25) is 11.5 Å². The minimum absolute atomic E-state index is 0.128. The van der Waals surface area contributed by atoms with Crippen LogP contribution in [0.3, 0.4) is 0 Å². The highest BCUT2D eigenvalue weighted by Gasteiger charge is 2.38. The highest BCUT2D eigenvalue weighted by atomic mass is 32.1. The van der Waals surface area contributed by atoms with Gasteiger partial charge in [-0.3, -0.25) is 9.59 Å². The molecule has 0 bridgehead atoms. The quantitative estimate of drug-likeness (QED) is 0.299. The SMILES string of the molecule is C[C@@H]1NC(=O)[C@H]1NC(=O)/C(=N/OC(C)(C)C(=O)O)c1csc(N)n1. The molecule has 0 unspecified atom stereocenters. The van der Waals surface area contributed by atoms with Crippen molar-refractivity contribution < 1.29 is 24.3 Å². The summed E-state index contributed by atoms with van der Waals surface area (Å²) in [5.41, 5.74) is 3.77. The molecule has 0 aliphatic carbocycles. The molecule has 1 saturated heterocycles. The molecule has 2 rings (SSSR count). The molecule has 2 atom stereocenters. The number of oxime groups is 1. The van der Waals surface area contributed by atoms with Gasteiger partial charge in [-0.25, -0.2) is 9.78 Å². The first kappa shape index (κ1) is 17.7. The largest absolute Gasteiger partial charge is 0.478 e. The molecule has 0 saturated carbocycles. The van der Waals surface area contributed by atoms with E-state index in [0.29, 0.717) is 0 Å². The van der Waals surface area contributed by atoms with Crippen molar-refractivity contribution in [3.63, 3.8) is 0 Å². The zero-order valence-electron chi connectivity index (χ0n) is 13.2. The van der Waals surface area contributed by atoms with E-state index in [9.17, 15) is 14.4 Å². The Morgan fingerprint density at radius 1 is 1.54 bits per heavy atom. The van der Waals surface area contributed by atoms with Crippen LogP contribution in [0.15, 0.2) is 10.5 Å². The maximum Gasteiger partial charge on any atom is 0.350 e. The lowest BCUT2D eigenvalue weighted by Crippen LogP contribution is -2.68. The van der Waals surface area contributed by atoms with Crippen LogP contribution < -0.4 is 16.4 Å². The van der Waals surface area contributed by atoms with Crippen molar-refractivity contribution in [2.75, 3.05) is 5.73 Å². The predicted octanol–water partition coefficient (Wildman–Crippen LogP) is -0.688. The molecule has 5 N–H and O–H groups in total. The third-order valence-electron chi connectivity index (χ3n) is 3.30. The monoisotopic (exact) mass is 355 g/mol. The molecule has 1 aromatic rings. The van der Waals surface area contributed by atoms with Crippen LogP contribution in [0, 0.1) is 0 Å². The van der Waals surface area contributed by atoms with Gasteiger partial charge in [0.15, 0.2) is 10.8 Å². The second-order valence-corrected chi connectivity index (χ2v) is 6.56. The molecule has 0 radical (unpaired) electrons. The van der Waals surface area contributed by atoms with Crippen LogP contribution in [-0.2, 0) is 19.2 Å². The zero-order valence-corrected chi connectivity index (χ0v) is 14.0. The summed E-state index contributed by atoms with van der Waals surface area (Å²) in [5.74, 6) is -2.29. The van der Waals surface area contributed by atoms with Crippen LogP contribution in [0.2, 0.25) is 0 Å². The summed E-state index contributed by atoms with van der Waals surface area (Å²) in [6, 6.07) is -0.925. The summed E-state index contributed by atoms with van der Waals surface area (Å²) in [4.78, 5) is 43.8. The topological polar surface area (TPSA) is 156 Å². The van der Waals surface area contributed by atoms with Gasteiger partial charge in [0, 0.05) is 5.38 Å². The van der Waals surface area contributed by atoms with Crippen LogP contribution in [-0.4, -0.2) is 51.3 Å². The van der Waals surface area contributed by atoms with E-state index in [1.165, 1.54) is 19.2 Å². The zero-order chi connectivity index (χ0) is 18.1. The lowest BCUT2D eigenvalue weighted by atomic mass is 10.0. The van der Waals surface area contributed by atoms with Crippen LogP contribution >= 0.6 is 11.3 Å². The maximum atomic E-state index is 12.4. The predicted molar refractivity (Wildman–Crippen MR) is 85.4 cm³/mol. The summed E-state index contributed by atoms with van der Waals surface area (Å²) >= 11 is 1.08. The third-order valence-corrected chi connectivity index (χ3v) is 3.97. The van der Waals surface area contributed by atoms with Gasteiger partial charge in [-0.05, 0) is 20.8 Å². The van der Waals surface area contributed by atoms with Gasteiger partial charge in [-0.15, -0.1) is 11.3 Å². The Kier molecular flexibility index (Phi) is 4.73. The Morgan fingerprint density at radius 3 is 2.67 bits per heavy atom. The van der Waals surface area contributed by atoms with E-state index in [4.69, 9.17) is 15.7 Å². The lowest BCUT2D eigenvalue weighted by molar-refractivity contribution is -0.161. The second kappa shape index (κ2) is 6.43. The fourth-order valence-electron chi connectivity index (χ4n) is 1.73. The Morgan fingerprint density at radius 2 is 2.21 bits per heavy atom. The summed E-state index contributed by atoms with van der Waals surface area (Å²) in [6.07, 6.45) is 0. The lowest BCUT2D eigenvalue weighted by Gasteiger charge is -2.34. The first-order valence-electron chi connectivity index (χ1n) is 6.94. The number of anilines is 1. The van der Waals surface area contributed by atoms with Gasteiger partial charge in [-0.1, -0.05) is 5.16 Å². The van der Waals surface area contributed by atoms with E-state index in [1.54, 1.807) is 6.92 Å². The molecular formula is C13H17N5O5S. The van der Waals surface area contributed by atoms with Crippen LogP contribution in [0.4, 0.5) is 5.13 Å². The van der Waals surface area contributed by atoms with Gasteiger partial charge in [0.05, 0.1) is 6.04 Å². The normalized spacial score (nSPS) is 20.8. The number of hydrogen-bond donors (Lipinski definition) is 4. The van der Waals surface area contributed by atoms with Gasteiger partial charge in [0.1, 0.15) is 11.7 Å². The van der Waals surface area contributed by atoms with Crippen LogP contribution in [0.1, 0.15) is 26.5 Å². The van der Waals surface area contributed by atoms with E-state index < -0.39 is 23.5 Å². The highest BCUT2D eigenvalue weighted by molar-refractivity contribution is 7.13. The summed E-state index contributed by atoms with van der Waals surface area (Å²) < 4.78 is 0. The molecule has 24 heavy (non-hydrogen) atoms. The number of β-lactam (4-membered cyclic amide) rings is 1. The fraction of sp³-hybridized carbons (Fsp3) is 0.462. The standard InChI is InChI=1S/C13H17N5O5S/c1-5-7(9(19)15-5)17-10(20)8(6-4-24-12(14)16-6)18-23-13(2,3)11(21)22/h4-5,7H,1-3H3,(H2,14,16)(H,15,19)(H,17,20)(H,21,22)/b18-8+/t5-,7-/m0/s1. The van der Waals surface area contributed by atoms with Gasteiger partial charge in [-0.2, -0.15) is 0 Å². The average molecular weight is 355 g/mol. The van der Waals surface area contributed by atoms with Crippen molar-refractivity contribution in [3.8, 4) is 0 Å². The molecule has 1 fully saturated rings. The number of nitrogens with zero attached hydrogens (tertiary/aromatic N) is 2. The number of aliphatic carboxylic acids is 1. The van der Waals surface area contributed by atoms with Crippen molar-refractivity contribution in [2.24, 2.45) is 5.16 Å². The Hall–Kier alpha value is -2.69. The number of carboxylic acids is 1. The van der Waals surface area contributed by atoms with Crippen molar-refractivity contribution in [1.82, 2.24) is 15.6 Å². The minimum Gasteiger partial charge on any atom is -0.478 e. The smallest absolute Gasteiger partial charge is 0.350 e. The van der Waals surface area contributed by atoms with Crippen molar-refractivity contribution in [1.29, 1.82) is 0 Å². The van der Waals surface area contributed by atoms with Crippen LogP contribution in [0.25, 0.3) is 0 Å². The Bertz CT molecular complexity index is 713. The van der Waals surface area contributed by atoms with E-state index in [0.717, 1.165) is 11.3 Å². The molecule has 1 aliphatic rings. The molecule has 130 valence electrons. The number of rotatable bonds is 6. The molecule has 0 spiro atoms. The number of nitrogen functional groups attached to an aromatic ring is 1. The number of carbonyl (C=O) groups excluding carboxylic acids is 2. The van der Waals surface area contributed by atoms with Crippen molar-refractivity contribution in [3.05, 3.63) is 11.1 Å². The minimum atomic E-state index is -1.64. The third kappa shape index (κ3) is 3.62. The summed E-state index contributed by atoms with van der Waals surface area (Å²) in [5, 5.41) is 19.5. The highest BCUT2D eigenvalue weighted by Crippen LogP contribution is 2.15. The molecule has 10 nitrogen and oxygen atoms in total. The molecule has 11 heteroatoms. The van der Waals surface area contributed by atoms with E-state index in [2.05, 4.69) is 20.8 Å². The van der Waals surface area contributed by atoms with E-state index in [-0.39, 0.29) is 28.5 Å². The first-order chi connectivity index (χ1) is 11.1. The molecule has 1 aliphatic heterocycles. The summed E-state index contributed by atoms with van der Waals surface area (Å²) in [6.45, 7) is 4.30. The van der Waals surface area contributed by atoms with E-state index in [1.807, 2.05) is 0 Å². The average Bonchev–Trinajstić information content (AvgIpc) is 2.91. The number of hydrogen-bond acceptors (Lipinski definition) is 8. The van der Waals surface area contributed by atoms with Crippen molar-refractivity contribution >= 4 is 40.0 Å². The first-order valence-corrected chi connectivity index (χ1v) is 7.82. The van der Waals surface area contributed by atoms with Gasteiger partial charge in [0.25, 0.3) is 5.91 Å². The van der Waals surface area contributed by atoms with Crippen molar-refractivity contribution in [2.45, 2.75) is 38.5 Å². The number of aromatic nitrogens is 1. The maximum absolute atomic E-state index is 12.4. The number of nitrogens with two attached hydrogens (primary N) is 1. The number of carboxylic acid groups (broad SMARTS) is 1. The molecular weight excluding hydrogens is 338 g/mol. The number of amides is 2. The Balaban J connectivity index is 2.24. The Labute approximate surface area is 141 Å². The second-order valence-electron chi connectivity index (χ2n) is 5.67. The van der Waals surface area contributed by atoms with Gasteiger partial charge >= 0.3 is 5.97 Å². The molecule has 2 amide bonds. The van der Waals surface area contributed by atoms with Gasteiger partial charge < -0.3 is 26.3 Å². The molecule has 2 heterocycles. The number of carbonyl (C=O) groups is 3.